The van der Waals surface area contributed by atoms with Crippen molar-refractivity contribution in [2.45, 2.75) is 19.1 Å². The lowest BCUT2D eigenvalue weighted by Gasteiger charge is -2.37. The van der Waals surface area contributed by atoms with Gasteiger partial charge in [0.05, 0.1) is 23.4 Å². The number of urea groups is 1. The zero-order chi connectivity index (χ0) is 29.4. The van der Waals surface area contributed by atoms with E-state index in [0.717, 1.165) is 6.07 Å². The Morgan fingerprint density at radius 3 is 2.35 bits per heavy atom. The van der Waals surface area contributed by atoms with E-state index in [1.165, 1.54) is 18.2 Å². The quantitative estimate of drug-likeness (QED) is 0.360. The molecule has 3 N–H and O–H groups in total. The molecule has 1 aliphatic heterocycles. The van der Waals surface area contributed by atoms with Gasteiger partial charge in [-0.1, -0.05) is 17.7 Å². The van der Waals surface area contributed by atoms with E-state index >= 15 is 0 Å². The molecule has 1 saturated heterocycles. The van der Waals surface area contributed by atoms with Crippen molar-refractivity contribution >= 4 is 34.9 Å². The van der Waals surface area contributed by atoms with Crippen LogP contribution in [0.1, 0.15) is 22.3 Å². The number of likely N-dealkylation sites (N-methyl/N-ethyl adjacent to an activating group) is 1. The zero-order valence-corrected chi connectivity index (χ0v) is 22.9. The summed E-state index contributed by atoms with van der Waals surface area (Å²) in [5.74, 6) is -3.52. The molecule has 220 valence electrons. The lowest BCUT2D eigenvalue weighted by molar-refractivity contribution is -0.138. The molecular formula is C26H32ClF5N6O2. The summed E-state index contributed by atoms with van der Waals surface area (Å²) in [6.07, 6.45) is -5.13. The second-order valence-corrected chi connectivity index (χ2v) is 10.1. The second-order valence-electron chi connectivity index (χ2n) is 9.62. The van der Waals surface area contributed by atoms with Crippen LogP contribution < -0.4 is 20.9 Å². The highest BCUT2D eigenvalue weighted by atomic mass is 35.5. The van der Waals surface area contributed by atoms with Gasteiger partial charge in [0.1, 0.15) is 0 Å². The SMILES string of the molecule is CN(C)CCNC(=O)NCc1ccc(C(=O)Nc2ccc(Cl)cc2N2CCN(CCC(F)(F)F)CC2)c(F)c1F. The molecule has 0 aromatic heterocycles. The fourth-order valence-electron chi connectivity index (χ4n) is 4.09. The molecule has 0 aliphatic carbocycles. The van der Waals surface area contributed by atoms with Crippen LogP contribution in [0.5, 0.6) is 0 Å². The third kappa shape index (κ3) is 9.20. The first-order valence-corrected chi connectivity index (χ1v) is 13.0. The summed E-state index contributed by atoms with van der Waals surface area (Å²) in [7, 11) is 3.69. The number of benzene rings is 2. The van der Waals surface area contributed by atoms with Crippen LogP contribution in [0.2, 0.25) is 5.02 Å². The number of nitrogens with one attached hydrogen (secondary N) is 3. The lowest BCUT2D eigenvalue weighted by atomic mass is 10.1. The summed E-state index contributed by atoms with van der Waals surface area (Å²) in [5.41, 5.74) is 0.137. The monoisotopic (exact) mass is 590 g/mol. The largest absolute Gasteiger partial charge is 0.390 e. The van der Waals surface area contributed by atoms with Gasteiger partial charge in [0.2, 0.25) is 0 Å². The third-order valence-corrected chi connectivity index (χ3v) is 6.56. The van der Waals surface area contributed by atoms with Crippen LogP contribution in [0, 0.1) is 11.6 Å². The Balaban J connectivity index is 1.64. The molecule has 0 atom stereocenters. The first-order chi connectivity index (χ1) is 18.8. The predicted molar refractivity (Wildman–Crippen MR) is 144 cm³/mol. The van der Waals surface area contributed by atoms with Crippen molar-refractivity contribution in [1.29, 1.82) is 0 Å². The van der Waals surface area contributed by atoms with E-state index in [1.807, 2.05) is 23.9 Å². The number of hydrogen-bond donors (Lipinski definition) is 3. The van der Waals surface area contributed by atoms with Crippen LogP contribution in [0.25, 0.3) is 0 Å². The minimum Gasteiger partial charge on any atom is -0.367 e. The summed E-state index contributed by atoms with van der Waals surface area (Å²) in [4.78, 5) is 30.2. The van der Waals surface area contributed by atoms with Crippen LogP contribution in [0.4, 0.5) is 38.1 Å². The van der Waals surface area contributed by atoms with E-state index in [2.05, 4.69) is 16.0 Å². The van der Waals surface area contributed by atoms with Gasteiger partial charge in [0.15, 0.2) is 11.6 Å². The Labute approximate surface area is 234 Å². The summed E-state index contributed by atoms with van der Waals surface area (Å²) < 4.78 is 67.3. The topological polar surface area (TPSA) is 79.9 Å². The van der Waals surface area contributed by atoms with Gasteiger partial charge in [0, 0.05) is 62.9 Å². The number of halogens is 6. The molecule has 1 heterocycles. The van der Waals surface area contributed by atoms with E-state index in [4.69, 9.17) is 11.6 Å². The summed E-state index contributed by atoms with van der Waals surface area (Å²) >= 11 is 6.15. The van der Waals surface area contributed by atoms with Gasteiger partial charge in [-0.2, -0.15) is 13.2 Å². The van der Waals surface area contributed by atoms with E-state index in [-0.39, 0.29) is 24.3 Å². The molecule has 0 bridgehead atoms. The Kier molecular flexibility index (Phi) is 10.9. The Hall–Kier alpha value is -3.16. The highest BCUT2D eigenvalue weighted by Crippen LogP contribution is 2.31. The Morgan fingerprint density at radius 2 is 1.70 bits per heavy atom. The number of nitrogens with zero attached hydrogens (tertiary/aromatic N) is 3. The van der Waals surface area contributed by atoms with Crippen LogP contribution in [0.3, 0.4) is 0 Å². The normalized spacial score (nSPS) is 14.4. The zero-order valence-electron chi connectivity index (χ0n) is 22.2. The van der Waals surface area contributed by atoms with Crippen molar-refractivity contribution in [2.75, 3.05) is 70.1 Å². The highest BCUT2D eigenvalue weighted by molar-refractivity contribution is 6.31. The molecule has 14 heteroatoms. The molecule has 2 aromatic carbocycles. The van der Waals surface area contributed by atoms with Crippen molar-refractivity contribution in [3.8, 4) is 0 Å². The minimum absolute atomic E-state index is 0.103. The fourth-order valence-corrected chi connectivity index (χ4v) is 4.26. The predicted octanol–water partition coefficient (Wildman–Crippen LogP) is 4.31. The van der Waals surface area contributed by atoms with Crippen molar-refractivity contribution < 1.29 is 31.5 Å². The van der Waals surface area contributed by atoms with Crippen molar-refractivity contribution in [1.82, 2.24) is 20.4 Å². The summed E-state index contributed by atoms with van der Waals surface area (Å²) in [6, 6.07) is 6.44. The highest BCUT2D eigenvalue weighted by Gasteiger charge is 2.29. The van der Waals surface area contributed by atoms with Gasteiger partial charge in [-0.3, -0.25) is 9.69 Å². The first kappa shape index (κ1) is 31.4. The third-order valence-electron chi connectivity index (χ3n) is 6.32. The number of piperazine rings is 1. The van der Waals surface area contributed by atoms with Crippen molar-refractivity contribution in [2.24, 2.45) is 0 Å². The average molecular weight is 591 g/mol. The summed E-state index contributed by atoms with van der Waals surface area (Å²) in [5, 5.41) is 7.99. The number of rotatable bonds is 10. The van der Waals surface area contributed by atoms with Gasteiger partial charge in [-0.25, -0.2) is 13.6 Å². The number of hydrogen-bond acceptors (Lipinski definition) is 5. The number of carbonyl (C=O) groups excluding carboxylic acids is 2. The van der Waals surface area contributed by atoms with Crippen LogP contribution in [0.15, 0.2) is 30.3 Å². The number of carbonyl (C=O) groups is 2. The number of alkyl halides is 3. The molecule has 3 rings (SSSR count). The van der Waals surface area contributed by atoms with E-state index in [0.29, 0.717) is 50.0 Å². The summed E-state index contributed by atoms with van der Waals surface area (Å²) in [6.45, 7) is 2.10. The maximum absolute atomic E-state index is 14.9. The van der Waals surface area contributed by atoms with E-state index in [1.54, 1.807) is 11.0 Å². The molecule has 2 aromatic rings. The number of anilines is 2. The Bertz CT molecular complexity index is 1190. The molecule has 1 fully saturated rings. The van der Waals surface area contributed by atoms with Crippen LogP contribution in [-0.4, -0.2) is 87.8 Å². The number of amides is 3. The van der Waals surface area contributed by atoms with Crippen molar-refractivity contribution in [3.05, 3.63) is 58.1 Å². The van der Waals surface area contributed by atoms with Crippen LogP contribution >= 0.6 is 11.6 Å². The van der Waals surface area contributed by atoms with Gasteiger partial charge >= 0.3 is 12.2 Å². The van der Waals surface area contributed by atoms with Gasteiger partial charge in [-0.15, -0.1) is 0 Å². The maximum Gasteiger partial charge on any atom is 0.390 e. The van der Waals surface area contributed by atoms with Gasteiger partial charge < -0.3 is 25.8 Å². The molecular weight excluding hydrogens is 559 g/mol. The fraction of sp³-hybridized carbons (Fsp3) is 0.462. The maximum atomic E-state index is 14.9. The average Bonchev–Trinajstić information content (AvgIpc) is 2.89. The van der Waals surface area contributed by atoms with Crippen molar-refractivity contribution in [3.63, 3.8) is 0 Å². The molecule has 0 radical (unpaired) electrons. The second kappa shape index (κ2) is 14.0. The first-order valence-electron chi connectivity index (χ1n) is 12.6. The van der Waals surface area contributed by atoms with Crippen LogP contribution in [-0.2, 0) is 6.54 Å². The minimum atomic E-state index is -4.23. The van der Waals surface area contributed by atoms with Gasteiger partial charge in [0.25, 0.3) is 5.91 Å². The standard InChI is InChI=1S/C26H32ClF5N6O2/c1-36(2)10-8-33-25(40)34-16-17-3-5-19(23(29)22(17)28)24(39)35-20-6-4-18(27)15-21(20)38-13-11-37(12-14-38)9-7-26(30,31)32/h3-6,15H,7-14,16H2,1-2H3,(H,35,39)(H2,33,34,40). The molecule has 0 spiro atoms. The molecule has 8 nitrogen and oxygen atoms in total. The molecule has 3 amide bonds. The Morgan fingerprint density at radius 1 is 1.00 bits per heavy atom. The molecule has 0 saturated carbocycles. The lowest BCUT2D eigenvalue weighted by Crippen LogP contribution is -2.47. The molecule has 40 heavy (non-hydrogen) atoms. The van der Waals surface area contributed by atoms with Gasteiger partial charge in [-0.05, 0) is 38.4 Å². The molecule has 0 unspecified atom stereocenters. The smallest absolute Gasteiger partial charge is 0.367 e. The molecule has 1 aliphatic rings. The van der Waals surface area contributed by atoms with E-state index in [9.17, 15) is 31.5 Å². The van der Waals surface area contributed by atoms with E-state index < -0.39 is 41.7 Å².